The van der Waals surface area contributed by atoms with Gasteiger partial charge in [-0.15, -0.1) is 0 Å². The smallest absolute Gasteiger partial charge is 0.387 e. The van der Waals surface area contributed by atoms with Gasteiger partial charge < -0.3 is 19.7 Å². The first kappa shape index (κ1) is 16.5. The van der Waals surface area contributed by atoms with Gasteiger partial charge in [0.2, 0.25) is 0 Å². The minimum Gasteiger partial charge on any atom is -0.435 e. The van der Waals surface area contributed by atoms with Gasteiger partial charge in [-0.05, 0) is 24.6 Å². The Bertz CT molecular complexity index is 490. The van der Waals surface area contributed by atoms with E-state index in [1.54, 1.807) is 24.1 Å². The zero-order chi connectivity index (χ0) is 16.1. The second-order valence-corrected chi connectivity index (χ2v) is 5.35. The van der Waals surface area contributed by atoms with Crippen LogP contribution in [0.2, 0.25) is 0 Å². The van der Waals surface area contributed by atoms with E-state index in [1.807, 2.05) is 6.92 Å². The number of benzene rings is 1. The number of nitrogens with zero attached hydrogens (tertiary/aromatic N) is 1. The number of carbonyl (C=O) groups excluding carboxylic acids is 1. The molecule has 0 aromatic heterocycles. The van der Waals surface area contributed by atoms with Crippen molar-refractivity contribution < 1.29 is 23.0 Å². The summed E-state index contributed by atoms with van der Waals surface area (Å²) in [5, 5.41) is 2.88. The van der Waals surface area contributed by atoms with Gasteiger partial charge in [0.25, 0.3) is 0 Å². The van der Waals surface area contributed by atoms with Gasteiger partial charge in [-0.2, -0.15) is 8.78 Å². The molecule has 1 aromatic rings. The van der Waals surface area contributed by atoms with Crippen molar-refractivity contribution in [3.05, 3.63) is 29.8 Å². The Morgan fingerprint density at radius 1 is 1.36 bits per heavy atom. The van der Waals surface area contributed by atoms with E-state index < -0.39 is 6.61 Å². The standard InChI is InChI=1S/C15H20F2N2O3/c1-10(12-3-5-13(6-4-12)22-14(16)17)18-15(20)19-7-11(8-19)9-21-2/h3-6,10-11,14H,7-9H2,1-2H3,(H,18,20). The molecule has 2 amide bonds. The largest absolute Gasteiger partial charge is 0.435 e. The Labute approximate surface area is 128 Å². The Hall–Kier alpha value is -1.89. The summed E-state index contributed by atoms with van der Waals surface area (Å²) >= 11 is 0. The minimum absolute atomic E-state index is 0.0995. The molecule has 2 rings (SSSR count). The fraction of sp³-hybridized carbons (Fsp3) is 0.533. The Kier molecular flexibility index (Phi) is 5.54. The number of hydrogen-bond acceptors (Lipinski definition) is 3. The number of amides is 2. The van der Waals surface area contributed by atoms with Gasteiger partial charge >= 0.3 is 12.6 Å². The quantitative estimate of drug-likeness (QED) is 0.878. The number of hydrogen-bond donors (Lipinski definition) is 1. The third-order valence-electron chi connectivity index (χ3n) is 3.59. The maximum atomic E-state index is 12.1. The lowest BCUT2D eigenvalue weighted by Crippen LogP contribution is -2.55. The highest BCUT2D eigenvalue weighted by Gasteiger charge is 2.30. The van der Waals surface area contributed by atoms with Crippen molar-refractivity contribution >= 4 is 6.03 Å². The zero-order valence-electron chi connectivity index (χ0n) is 12.6. The monoisotopic (exact) mass is 314 g/mol. The molecule has 1 saturated heterocycles. The molecule has 0 saturated carbocycles. The molecule has 1 atom stereocenters. The predicted octanol–water partition coefficient (Wildman–Crippen LogP) is 2.64. The number of likely N-dealkylation sites (tertiary alicyclic amines) is 1. The zero-order valence-corrected chi connectivity index (χ0v) is 12.6. The molecule has 5 nitrogen and oxygen atoms in total. The lowest BCUT2D eigenvalue weighted by atomic mass is 10.0. The van der Waals surface area contributed by atoms with E-state index in [-0.39, 0.29) is 17.8 Å². The first-order valence-electron chi connectivity index (χ1n) is 7.08. The maximum absolute atomic E-state index is 12.1. The van der Waals surface area contributed by atoms with Gasteiger partial charge in [0.1, 0.15) is 5.75 Å². The van der Waals surface area contributed by atoms with Crippen LogP contribution in [-0.2, 0) is 4.74 Å². The second kappa shape index (κ2) is 7.40. The molecule has 1 aromatic carbocycles. The third-order valence-corrected chi connectivity index (χ3v) is 3.59. The van der Waals surface area contributed by atoms with E-state index >= 15 is 0 Å². The van der Waals surface area contributed by atoms with E-state index in [0.29, 0.717) is 25.6 Å². The molecule has 0 radical (unpaired) electrons. The summed E-state index contributed by atoms with van der Waals surface area (Å²) in [6.07, 6.45) is 0. The Morgan fingerprint density at radius 3 is 2.55 bits per heavy atom. The lowest BCUT2D eigenvalue weighted by Gasteiger charge is -2.39. The molecule has 1 aliphatic heterocycles. The van der Waals surface area contributed by atoms with Crippen molar-refractivity contribution in [2.24, 2.45) is 5.92 Å². The van der Waals surface area contributed by atoms with E-state index in [2.05, 4.69) is 10.1 Å². The van der Waals surface area contributed by atoms with Crippen LogP contribution < -0.4 is 10.1 Å². The molecule has 22 heavy (non-hydrogen) atoms. The van der Waals surface area contributed by atoms with Crippen molar-refractivity contribution in [1.82, 2.24) is 10.2 Å². The van der Waals surface area contributed by atoms with Crippen molar-refractivity contribution in [2.75, 3.05) is 26.8 Å². The van der Waals surface area contributed by atoms with E-state index in [0.717, 1.165) is 5.56 Å². The minimum atomic E-state index is -2.84. The van der Waals surface area contributed by atoms with Gasteiger partial charge in [-0.25, -0.2) is 4.79 Å². The number of urea groups is 1. The molecule has 1 unspecified atom stereocenters. The SMILES string of the molecule is COCC1CN(C(=O)NC(C)c2ccc(OC(F)F)cc2)C1. The van der Waals surface area contributed by atoms with Crippen LogP contribution in [0.4, 0.5) is 13.6 Å². The highest BCUT2D eigenvalue weighted by molar-refractivity contribution is 5.75. The number of halogens is 2. The molecule has 7 heteroatoms. The summed E-state index contributed by atoms with van der Waals surface area (Å²) < 4.78 is 33.5. The molecule has 122 valence electrons. The number of carbonyl (C=O) groups is 1. The first-order valence-corrected chi connectivity index (χ1v) is 7.08. The van der Waals surface area contributed by atoms with Crippen molar-refractivity contribution in [2.45, 2.75) is 19.6 Å². The Morgan fingerprint density at radius 2 is 2.00 bits per heavy atom. The van der Waals surface area contributed by atoms with Crippen molar-refractivity contribution in [3.8, 4) is 5.75 Å². The fourth-order valence-electron chi connectivity index (χ4n) is 2.37. The van der Waals surface area contributed by atoms with Crippen LogP contribution in [0.25, 0.3) is 0 Å². The highest BCUT2D eigenvalue weighted by Crippen LogP contribution is 2.21. The van der Waals surface area contributed by atoms with Crippen LogP contribution in [-0.4, -0.2) is 44.3 Å². The molecule has 1 N–H and O–H groups in total. The molecular weight excluding hydrogens is 294 g/mol. The van der Waals surface area contributed by atoms with Crippen molar-refractivity contribution in [3.63, 3.8) is 0 Å². The lowest BCUT2D eigenvalue weighted by molar-refractivity contribution is -0.0498. The molecule has 0 bridgehead atoms. The van der Waals surface area contributed by atoms with Gasteiger partial charge in [-0.3, -0.25) is 0 Å². The number of alkyl halides is 2. The summed E-state index contributed by atoms with van der Waals surface area (Å²) in [7, 11) is 1.65. The summed E-state index contributed by atoms with van der Waals surface area (Å²) in [5.74, 6) is 0.499. The number of ether oxygens (including phenoxy) is 2. The van der Waals surface area contributed by atoms with Crippen molar-refractivity contribution in [1.29, 1.82) is 0 Å². The summed E-state index contributed by atoms with van der Waals surface area (Å²) in [6.45, 7) is 1.04. The maximum Gasteiger partial charge on any atom is 0.387 e. The van der Waals surface area contributed by atoms with Crippen LogP contribution in [0, 0.1) is 5.92 Å². The topological polar surface area (TPSA) is 50.8 Å². The average molecular weight is 314 g/mol. The van der Waals surface area contributed by atoms with Gasteiger partial charge in [0.15, 0.2) is 0 Å². The molecule has 1 fully saturated rings. The average Bonchev–Trinajstić information content (AvgIpc) is 2.42. The summed E-state index contributed by atoms with van der Waals surface area (Å²) in [5.41, 5.74) is 0.823. The summed E-state index contributed by atoms with van der Waals surface area (Å²) in [4.78, 5) is 13.7. The number of methoxy groups -OCH3 is 1. The molecule has 0 spiro atoms. The van der Waals surface area contributed by atoms with Crippen LogP contribution >= 0.6 is 0 Å². The molecule has 1 heterocycles. The van der Waals surface area contributed by atoms with Crippen LogP contribution in [0.1, 0.15) is 18.5 Å². The fourth-order valence-corrected chi connectivity index (χ4v) is 2.37. The third kappa shape index (κ3) is 4.30. The molecule has 1 aliphatic rings. The van der Waals surface area contributed by atoms with Crippen LogP contribution in [0.15, 0.2) is 24.3 Å². The first-order chi connectivity index (χ1) is 10.5. The second-order valence-electron chi connectivity index (χ2n) is 5.35. The van der Waals surface area contributed by atoms with Crippen LogP contribution in [0.3, 0.4) is 0 Å². The number of nitrogens with one attached hydrogen (secondary N) is 1. The van der Waals surface area contributed by atoms with E-state index in [1.165, 1.54) is 12.1 Å². The molecule has 0 aliphatic carbocycles. The molecular formula is C15H20F2N2O3. The number of rotatable bonds is 6. The highest BCUT2D eigenvalue weighted by atomic mass is 19.3. The van der Waals surface area contributed by atoms with Gasteiger partial charge in [-0.1, -0.05) is 12.1 Å². The normalized spacial score (nSPS) is 16.3. The van der Waals surface area contributed by atoms with Gasteiger partial charge in [0.05, 0.1) is 12.6 Å². The van der Waals surface area contributed by atoms with Crippen LogP contribution in [0.5, 0.6) is 5.75 Å². The van der Waals surface area contributed by atoms with E-state index in [9.17, 15) is 13.6 Å². The Balaban J connectivity index is 1.82. The van der Waals surface area contributed by atoms with Gasteiger partial charge in [0, 0.05) is 26.1 Å². The summed E-state index contributed by atoms with van der Waals surface area (Å²) in [6, 6.07) is 5.89. The predicted molar refractivity (Wildman–Crippen MR) is 77.0 cm³/mol. The van der Waals surface area contributed by atoms with E-state index in [4.69, 9.17) is 4.74 Å².